The third-order valence-corrected chi connectivity index (χ3v) is 5.49. The number of furan rings is 1. The Kier molecular flexibility index (Phi) is 5.58. The molecule has 3 heterocycles. The molecule has 1 saturated heterocycles. The third-order valence-electron chi connectivity index (χ3n) is 4.55. The molecule has 2 aromatic heterocycles. The van der Waals surface area contributed by atoms with Crippen molar-refractivity contribution in [2.75, 3.05) is 19.6 Å². The zero-order chi connectivity index (χ0) is 16.9. The zero-order valence-corrected chi connectivity index (χ0v) is 14.7. The van der Waals surface area contributed by atoms with Gasteiger partial charge in [-0.15, -0.1) is 11.3 Å². The van der Waals surface area contributed by atoms with E-state index in [1.165, 1.54) is 0 Å². The highest BCUT2D eigenvalue weighted by atomic mass is 32.1. The van der Waals surface area contributed by atoms with Crippen molar-refractivity contribution in [3.05, 3.63) is 46.0 Å². The van der Waals surface area contributed by atoms with E-state index < -0.39 is 6.10 Å². The van der Waals surface area contributed by atoms with Gasteiger partial charge < -0.3 is 19.7 Å². The number of rotatable bonds is 5. The van der Waals surface area contributed by atoms with E-state index in [0.29, 0.717) is 26.1 Å². The minimum absolute atomic E-state index is 0.0256. The standard InChI is InChI=1S/C18H24N2O3S/c1-13-4-5-15(23-13)6-9-19-18(22)20-10-7-14(8-11-20)17(21)16-3-2-12-24-16/h2-5,12,14,17,21H,6-11H2,1H3,(H,19,22). The number of hydrogen-bond acceptors (Lipinski definition) is 4. The predicted molar refractivity (Wildman–Crippen MR) is 94.1 cm³/mol. The highest BCUT2D eigenvalue weighted by molar-refractivity contribution is 7.10. The molecule has 3 rings (SSSR count). The number of piperidine rings is 1. The number of urea groups is 1. The van der Waals surface area contributed by atoms with E-state index in [1.54, 1.807) is 11.3 Å². The summed E-state index contributed by atoms with van der Waals surface area (Å²) in [6.45, 7) is 3.87. The lowest BCUT2D eigenvalue weighted by molar-refractivity contribution is 0.0690. The van der Waals surface area contributed by atoms with Crippen LogP contribution >= 0.6 is 11.3 Å². The number of aliphatic hydroxyl groups is 1. The number of carbonyl (C=O) groups excluding carboxylic acids is 1. The summed E-state index contributed by atoms with van der Waals surface area (Å²) in [5.74, 6) is 2.02. The molecule has 0 aliphatic carbocycles. The second-order valence-corrected chi connectivity index (χ2v) is 7.26. The molecule has 1 unspecified atom stereocenters. The molecule has 2 aromatic rings. The molecule has 2 N–H and O–H groups in total. The van der Waals surface area contributed by atoms with Gasteiger partial charge in [-0.25, -0.2) is 4.79 Å². The minimum Gasteiger partial charge on any atom is -0.466 e. The van der Waals surface area contributed by atoms with Gasteiger partial charge in [-0.3, -0.25) is 0 Å². The van der Waals surface area contributed by atoms with Crippen LogP contribution in [0.25, 0.3) is 0 Å². The number of aliphatic hydroxyl groups excluding tert-OH is 1. The fraction of sp³-hybridized carbons (Fsp3) is 0.500. The van der Waals surface area contributed by atoms with Crippen molar-refractivity contribution in [1.82, 2.24) is 10.2 Å². The first kappa shape index (κ1) is 17.0. The van der Waals surface area contributed by atoms with Gasteiger partial charge in [-0.2, -0.15) is 0 Å². The molecule has 24 heavy (non-hydrogen) atoms. The lowest BCUT2D eigenvalue weighted by Crippen LogP contribution is -2.45. The first-order chi connectivity index (χ1) is 11.6. The number of likely N-dealkylation sites (tertiary alicyclic amines) is 1. The van der Waals surface area contributed by atoms with Gasteiger partial charge in [0, 0.05) is 30.9 Å². The maximum Gasteiger partial charge on any atom is 0.317 e. The van der Waals surface area contributed by atoms with Crippen LogP contribution in [0.5, 0.6) is 0 Å². The van der Waals surface area contributed by atoms with Crippen molar-refractivity contribution in [3.8, 4) is 0 Å². The summed E-state index contributed by atoms with van der Waals surface area (Å²) >= 11 is 1.59. The Balaban J connectivity index is 1.40. The Labute approximate surface area is 146 Å². The Bertz CT molecular complexity index is 645. The van der Waals surface area contributed by atoms with E-state index in [0.717, 1.165) is 29.2 Å². The molecule has 1 aliphatic rings. The first-order valence-electron chi connectivity index (χ1n) is 8.43. The molecule has 0 spiro atoms. The van der Waals surface area contributed by atoms with Crippen LogP contribution in [-0.4, -0.2) is 35.7 Å². The van der Waals surface area contributed by atoms with Crippen LogP contribution in [0.4, 0.5) is 4.79 Å². The second-order valence-electron chi connectivity index (χ2n) is 6.28. The van der Waals surface area contributed by atoms with Gasteiger partial charge in [0.05, 0.1) is 6.10 Å². The van der Waals surface area contributed by atoms with Crippen molar-refractivity contribution >= 4 is 17.4 Å². The normalized spacial score (nSPS) is 17.0. The van der Waals surface area contributed by atoms with Crippen LogP contribution in [0.2, 0.25) is 0 Å². The molecular weight excluding hydrogens is 324 g/mol. The number of hydrogen-bond donors (Lipinski definition) is 2. The first-order valence-corrected chi connectivity index (χ1v) is 9.31. The number of nitrogens with zero attached hydrogens (tertiary/aromatic N) is 1. The molecule has 1 fully saturated rings. The maximum absolute atomic E-state index is 12.2. The second kappa shape index (κ2) is 7.85. The fourth-order valence-electron chi connectivity index (χ4n) is 3.13. The van der Waals surface area contributed by atoms with E-state index >= 15 is 0 Å². The number of thiophene rings is 1. The SMILES string of the molecule is Cc1ccc(CCNC(=O)N2CCC(C(O)c3cccs3)CC2)o1. The molecule has 1 atom stereocenters. The van der Waals surface area contributed by atoms with Crippen LogP contribution in [-0.2, 0) is 6.42 Å². The van der Waals surface area contributed by atoms with Gasteiger partial charge in [0.25, 0.3) is 0 Å². The summed E-state index contributed by atoms with van der Waals surface area (Å²) in [4.78, 5) is 15.1. The van der Waals surface area contributed by atoms with Crippen molar-refractivity contribution < 1.29 is 14.3 Å². The predicted octanol–water partition coefficient (Wildman–Crippen LogP) is 3.35. The van der Waals surface area contributed by atoms with Gasteiger partial charge in [0.2, 0.25) is 0 Å². The Morgan fingerprint density at radius 3 is 2.83 bits per heavy atom. The van der Waals surface area contributed by atoms with Gasteiger partial charge >= 0.3 is 6.03 Å². The van der Waals surface area contributed by atoms with Crippen molar-refractivity contribution in [2.45, 2.75) is 32.3 Å². The summed E-state index contributed by atoms with van der Waals surface area (Å²) in [6.07, 6.45) is 1.97. The fourth-order valence-corrected chi connectivity index (χ4v) is 3.94. The summed E-state index contributed by atoms with van der Waals surface area (Å²) < 4.78 is 5.49. The number of nitrogens with one attached hydrogen (secondary N) is 1. The molecule has 0 saturated carbocycles. The van der Waals surface area contributed by atoms with E-state index in [1.807, 2.05) is 41.5 Å². The van der Waals surface area contributed by atoms with E-state index in [9.17, 15) is 9.90 Å². The maximum atomic E-state index is 12.2. The van der Waals surface area contributed by atoms with Crippen molar-refractivity contribution in [1.29, 1.82) is 0 Å². The monoisotopic (exact) mass is 348 g/mol. The van der Waals surface area contributed by atoms with Crippen LogP contribution < -0.4 is 5.32 Å². The van der Waals surface area contributed by atoms with E-state index in [4.69, 9.17) is 4.42 Å². The van der Waals surface area contributed by atoms with Crippen molar-refractivity contribution in [2.24, 2.45) is 5.92 Å². The molecule has 6 heteroatoms. The van der Waals surface area contributed by atoms with Gasteiger partial charge in [0.1, 0.15) is 11.5 Å². The number of amides is 2. The van der Waals surface area contributed by atoms with Crippen LogP contribution in [0.3, 0.4) is 0 Å². The van der Waals surface area contributed by atoms with Crippen molar-refractivity contribution in [3.63, 3.8) is 0 Å². The lowest BCUT2D eigenvalue weighted by Gasteiger charge is -2.34. The lowest BCUT2D eigenvalue weighted by atomic mass is 9.90. The Morgan fingerprint density at radius 1 is 1.42 bits per heavy atom. The summed E-state index contributed by atoms with van der Waals surface area (Å²) in [6, 6.07) is 7.79. The van der Waals surface area contributed by atoms with Crippen LogP contribution in [0.1, 0.15) is 35.3 Å². The summed E-state index contributed by atoms with van der Waals surface area (Å²) in [5.41, 5.74) is 0. The Morgan fingerprint density at radius 2 is 2.21 bits per heavy atom. The topological polar surface area (TPSA) is 65.7 Å². The number of carbonyl (C=O) groups is 1. The largest absolute Gasteiger partial charge is 0.466 e. The Hall–Kier alpha value is -1.79. The molecule has 0 radical (unpaired) electrons. The third kappa shape index (κ3) is 4.19. The van der Waals surface area contributed by atoms with Gasteiger partial charge in [-0.1, -0.05) is 6.07 Å². The minimum atomic E-state index is -0.405. The molecule has 0 aromatic carbocycles. The highest BCUT2D eigenvalue weighted by Gasteiger charge is 2.28. The number of aryl methyl sites for hydroxylation is 1. The molecule has 2 amide bonds. The summed E-state index contributed by atoms with van der Waals surface area (Å²) in [5, 5.41) is 15.3. The van der Waals surface area contributed by atoms with Gasteiger partial charge in [-0.05, 0) is 49.3 Å². The molecule has 5 nitrogen and oxygen atoms in total. The summed E-state index contributed by atoms with van der Waals surface area (Å²) in [7, 11) is 0. The molecule has 1 aliphatic heterocycles. The molecular formula is C18H24N2O3S. The smallest absolute Gasteiger partial charge is 0.317 e. The molecule has 0 bridgehead atoms. The zero-order valence-electron chi connectivity index (χ0n) is 13.9. The average Bonchev–Trinajstić information content (AvgIpc) is 3.26. The van der Waals surface area contributed by atoms with E-state index in [-0.39, 0.29) is 11.9 Å². The highest BCUT2D eigenvalue weighted by Crippen LogP contribution is 2.32. The average molecular weight is 348 g/mol. The van der Waals surface area contributed by atoms with Crippen LogP contribution in [0.15, 0.2) is 34.1 Å². The van der Waals surface area contributed by atoms with Crippen LogP contribution in [0, 0.1) is 12.8 Å². The van der Waals surface area contributed by atoms with Gasteiger partial charge in [0.15, 0.2) is 0 Å². The quantitative estimate of drug-likeness (QED) is 0.871. The molecule has 130 valence electrons. The van der Waals surface area contributed by atoms with E-state index in [2.05, 4.69) is 5.32 Å².